The number of para-hydroxylation sites is 1. The molecular formula is C17H10N2O5S. The SMILES string of the molecule is O=C(OCc1nc(-c2ccsc2)no1)c1cc(=O)c2ccccc2o1. The number of hydrogen-bond donors (Lipinski definition) is 0. The van der Waals surface area contributed by atoms with E-state index in [4.69, 9.17) is 13.7 Å². The summed E-state index contributed by atoms with van der Waals surface area (Å²) in [4.78, 5) is 28.3. The molecule has 0 amide bonds. The first-order valence-electron chi connectivity index (χ1n) is 7.26. The molecule has 0 aliphatic carbocycles. The topological polar surface area (TPSA) is 95.4 Å². The number of nitrogens with zero attached hydrogens (tertiary/aromatic N) is 2. The lowest BCUT2D eigenvalue weighted by molar-refractivity contribution is 0.0394. The summed E-state index contributed by atoms with van der Waals surface area (Å²) in [5, 5.41) is 7.99. The molecule has 0 bridgehead atoms. The fourth-order valence-corrected chi connectivity index (χ4v) is 2.86. The minimum absolute atomic E-state index is 0.151. The van der Waals surface area contributed by atoms with Crippen molar-refractivity contribution in [3.8, 4) is 11.4 Å². The Labute approximate surface area is 144 Å². The van der Waals surface area contributed by atoms with E-state index in [1.807, 2.05) is 16.8 Å². The zero-order chi connectivity index (χ0) is 17.2. The average Bonchev–Trinajstić information content (AvgIpc) is 3.31. The number of ether oxygens (including phenoxy) is 1. The molecule has 25 heavy (non-hydrogen) atoms. The molecule has 0 aliphatic heterocycles. The minimum atomic E-state index is -0.780. The number of thiophene rings is 1. The van der Waals surface area contributed by atoms with Crippen LogP contribution >= 0.6 is 11.3 Å². The van der Waals surface area contributed by atoms with Gasteiger partial charge in [-0.25, -0.2) is 4.79 Å². The summed E-state index contributed by atoms with van der Waals surface area (Å²) < 4.78 is 15.5. The Morgan fingerprint density at radius 2 is 2.12 bits per heavy atom. The zero-order valence-corrected chi connectivity index (χ0v) is 13.5. The van der Waals surface area contributed by atoms with Crippen molar-refractivity contribution in [3.63, 3.8) is 0 Å². The highest BCUT2D eigenvalue weighted by molar-refractivity contribution is 7.08. The smallest absolute Gasteiger partial charge is 0.374 e. The Hall–Kier alpha value is -3.26. The summed E-state index contributed by atoms with van der Waals surface area (Å²) in [7, 11) is 0. The maximum absolute atomic E-state index is 12.1. The van der Waals surface area contributed by atoms with E-state index < -0.39 is 5.97 Å². The number of hydrogen-bond acceptors (Lipinski definition) is 8. The molecule has 8 heteroatoms. The van der Waals surface area contributed by atoms with Crippen LogP contribution in [0.5, 0.6) is 0 Å². The maximum Gasteiger partial charge on any atom is 0.374 e. The van der Waals surface area contributed by atoms with E-state index in [0.29, 0.717) is 16.8 Å². The first-order chi connectivity index (χ1) is 12.2. The molecule has 3 aromatic heterocycles. The molecule has 0 aliphatic rings. The summed E-state index contributed by atoms with van der Waals surface area (Å²) in [6.07, 6.45) is 0. The largest absolute Gasteiger partial charge is 0.450 e. The van der Waals surface area contributed by atoms with Gasteiger partial charge in [-0.2, -0.15) is 16.3 Å². The molecule has 1 aromatic carbocycles. The monoisotopic (exact) mass is 354 g/mol. The van der Waals surface area contributed by atoms with E-state index in [1.165, 1.54) is 11.3 Å². The molecule has 0 radical (unpaired) electrons. The highest BCUT2D eigenvalue weighted by Crippen LogP contribution is 2.19. The predicted molar refractivity (Wildman–Crippen MR) is 89.2 cm³/mol. The molecule has 7 nitrogen and oxygen atoms in total. The van der Waals surface area contributed by atoms with Crippen molar-refractivity contribution in [1.82, 2.24) is 10.1 Å². The Kier molecular flexibility index (Phi) is 3.87. The first-order valence-corrected chi connectivity index (χ1v) is 8.20. The second kappa shape index (κ2) is 6.33. The number of fused-ring (bicyclic) bond motifs is 1. The second-order valence-electron chi connectivity index (χ2n) is 5.07. The van der Waals surface area contributed by atoms with Gasteiger partial charge in [0.2, 0.25) is 11.6 Å². The van der Waals surface area contributed by atoms with Gasteiger partial charge in [0.05, 0.1) is 5.39 Å². The van der Waals surface area contributed by atoms with Gasteiger partial charge < -0.3 is 13.7 Å². The Bertz CT molecular complexity index is 1100. The van der Waals surface area contributed by atoms with Crippen molar-refractivity contribution in [2.45, 2.75) is 6.61 Å². The van der Waals surface area contributed by atoms with Gasteiger partial charge in [0.25, 0.3) is 5.89 Å². The zero-order valence-electron chi connectivity index (χ0n) is 12.7. The van der Waals surface area contributed by atoms with Crippen molar-refractivity contribution < 1.29 is 18.5 Å². The van der Waals surface area contributed by atoms with Crippen LogP contribution in [0.25, 0.3) is 22.4 Å². The van der Waals surface area contributed by atoms with Gasteiger partial charge in [0.15, 0.2) is 12.0 Å². The molecule has 4 rings (SSSR count). The Morgan fingerprint density at radius 3 is 2.96 bits per heavy atom. The summed E-state index contributed by atoms with van der Waals surface area (Å²) >= 11 is 1.51. The molecule has 0 fully saturated rings. The van der Waals surface area contributed by atoms with E-state index in [2.05, 4.69) is 10.1 Å². The van der Waals surface area contributed by atoms with Crippen molar-refractivity contribution in [2.24, 2.45) is 0 Å². The molecule has 0 saturated heterocycles. The van der Waals surface area contributed by atoms with E-state index in [-0.39, 0.29) is 23.7 Å². The van der Waals surface area contributed by atoms with Gasteiger partial charge in [0, 0.05) is 17.0 Å². The molecule has 0 N–H and O–H groups in total. The van der Waals surface area contributed by atoms with Gasteiger partial charge in [-0.1, -0.05) is 17.3 Å². The maximum atomic E-state index is 12.1. The third-order valence-corrected chi connectivity index (χ3v) is 4.09. The number of benzene rings is 1. The molecule has 0 saturated carbocycles. The first kappa shape index (κ1) is 15.3. The van der Waals surface area contributed by atoms with Crippen LogP contribution in [0, 0.1) is 0 Å². The number of rotatable bonds is 4. The number of esters is 1. The molecule has 0 atom stereocenters. The minimum Gasteiger partial charge on any atom is -0.450 e. The van der Waals surface area contributed by atoms with Crippen LogP contribution in [0.15, 0.2) is 60.9 Å². The highest BCUT2D eigenvalue weighted by atomic mass is 32.1. The van der Waals surface area contributed by atoms with E-state index in [9.17, 15) is 9.59 Å². The molecule has 0 spiro atoms. The number of carbonyl (C=O) groups excluding carboxylic acids is 1. The third-order valence-electron chi connectivity index (χ3n) is 3.41. The summed E-state index contributed by atoms with van der Waals surface area (Å²) in [6, 6.07) is 9.63. The number of aromatic nitrogens is 2. The quantitative estimate of drug-likeness (QED) is 0.519. The molecule has 4 aromatic rings. The van der Waals surface area contributed by atoms with Crippen LogP contribution < -0.4 is 5.43 Å². The van der Waals surface area contributed by atoms with Crippen molar-refractivity contribution in [2.75, 3.05) is 0 Å². The van der Waals surface area contributed by atoms with Crippen LogP contribution in [-0.4, -0.2) is 16.1 Å². The van der Waals surface area contributed by atoms with E-state index in [0.717, 1.165) is 11.6 Å². The summed E-state index contributed by atoms with van der Waals surface area (Å²) in [6.45, 7) is -0.216. The summed E-state index contributed by atoms with van der Waals surface area (Å²) in [5.41, 5.74) is 0.831. The van der Waals surface area contributed by atoms with Crippen molar-refractivity contribution >= 4 is 28.3 Å². The summed E-state index contributed by atoms with van der Waals surface area (Å²) in [5.74, 6) is -0.387. The van der Waals surface area contributed by atoms with Crippen molar-refractivity contribution in [1.29, 1.82) is 0 Å². The van der Waals surface area contributed by atoms with Crippen LogP contribution in [0.2, 0.25) is 0 Å². The van der Waals surface area contributed by atoms with E-state index >= 15 is 0 Å². The third kappa shape index (κ3) is 3.07. The lowest BCUT2D eigenvalue weighted by Gasteiger charge is -2.02. The van der Waals surface area contributed by atoms with Crippen molar-refractivity contribution in [3.05, 3.63) is 69.0 Å². The fourth-order valence-electron chi connectivity index (χ4n) is 2.23. The fraction of sp³-hybridized carbons (Fsp3) is 0.0588. The second-order valence-corrected chi connectivity index (χ2v) is 5.85. The lowest BCUT2D eigenvalue weighted by Crippen LogP contribution is -2.10. The lowest BCUT2D eigenvalue weighted by atomic mass is 10.2. The van der Waals surface area contributed by atoms with Gasteiger partial charge in [0.1, 0.15) is 5.58 Å². The number of carbonyl (C=O) groups is 1. The highest BCUT2D eigenvalue weighted by Gasteiger charge is 2.16. The average molecular weight is 354 g/mol. The van der Waals surface area contributed by atoms with Crippen LogP contribution in [-0.2, 0) is 11.3 Å². The molecule has 3 heterocycles. The Morgan fingerprint density at radius 1 is 1.24 bits per heavy atom. The van der Waals surface area contributed by atoms with Crippen LogP contribution in [0.1, 0.15) is 16.4 Å². The van der Waals surface area contributed by atoms with Crippen LogP contribution in [0.3, 0.4) is 0 Å². The standard InChI is InChI=1S/C17H10N2O5S/c20-12-7-14(23-13-4-2-1-3-11(12)13)17(21)22-8-15-18-16(19-24-15)10-5-6-25-9-10/h1-7,9H,8H2. The van der Waals surface area contributed by atoms with Gasteiger partial charge >= 0.3 is 5.97 Å². The molecular weight excluding hydrogens is 344 g/mol. The molecule has 124 valence electrons. The van der Waals surface area contributed by atoms with Gasteiger partial charge in [-0.05, 0) is 23.6 Å². The van der Waals surface area contributed by atoms with E-state index in [1.54, 1.807) is 24.3 Å². The molecule has 0 unspecified atom stereocenters. The van der Waals surface area contributed by atoms with Gasteiger partial charge in [-0.15, -0.1) is 0 Å². The predicted octanol–water partition coefficient (Wildman–Crippen LogP) is 3.26. The van der Waals surface area contributed by atoms with Crippen LogP contribution in [0.4, 0.5) is 0 Å². The van der Waals surface area contributed by atoms with Gasteiger partial charge in [-0.3, -0.25) is 4.79 Å². The Balaban J connectivity index is 1.50. The normalized spacial score (nSPS) is 10.9.